The van der Waals surface area contributed by atoms with Gasteiger partial charge in [0.2, 0.25) is 0 Å². The predicted octanol–water partition coefficient (Wildman–Crippen LogP) is 2.47. The Labute approximate surface area is 153 Å². The SMILES string of the molecule is c1ccc2nc(NCCCN3CCNCC3c3ccncn3)ccc2c1. The molecule has 134 valence electrons. The van der Waals surface area contributed by atoms with Crippen molar-refractivity contribution >= 4 is 16.7 Å². The van der Waals surface area contributed by atoms with Gasteiger partial charge in [-0.25, -0.2) is 15.0 Å². The summed E-state index contributed by atoms with van der Waals surface area (Å²) < 4.78 is 0. The highest BCUT2D eigenvalue weighted by molar-refractivity contribution is 5.79. The minimum Gasteiger partial charge on any atom is -0.370 e. The Morgan fingerprint density at radius 2 is 2.12 bits per heavy atom. The number of nitrogens with zero attached hydrogens (tertiary/aromatic N) is 4. The number of aromatic nitrogens is 3. The molecular formula is C20H24N6. The van der Waals surface area contributed by atoms with Gasteiger partial charge in [0.25, 0.3) is 0 Å². The zero-order valence-corrected chi connectivity index (χ0v) is 14.8. The van der Waals surface area contributed by atoms with Crippen molar-refractivity contribution in [2.24, 2.45) is 0 Å². The topological polar surface area (TPSA) is 66.0 Å². The predicted molar refractivity (Wildman–Crippen MR) is 104 cm³/mol. The lowest BCUT2D eigenvalue weighted by molar-refractivity contribution is 0.158. The molecule has 0 radical (unpaired) electrons. The van der Waals surface area contributed by atoms with Crippen LogP contribution in [0.3, 0.4) is 0 Å². The van der Waals surface area contributed by atoms with Gasteiger partial charge in [-0.05, 0) is 30.7 Å². The first kappa shape index (κ1) is 16.9. The van der Waals surface area contributed by atoms with Gasteiger partial charge in [0.1, 0.15) is 12.1 Å². The van der Waals surface area contributed by atoms with Crippen LogP contribution in [0.4, 0.5) is 5.82 Å². The van der Waals surface area contributed by atoms with Crippen LogP contribution in [0.15, 0.2) is 55.0 Å². The zero-order valence-electron chi connectivity index (χ0n) is 14.8. The highest BCUT2D eigenvalue weighted by Crippen LogP contribution is 2.20. The van der Waals surface area contributed by atoms with E-state index in [-0.39, 0.29) is 0 Å². The fourth-order valence-corrected chi connectivity index (χ4v) is 3.47. The average molecular weight is 348 g/mol. The zero-order chi connectivity index (χ0) is 17.6. The monoisotopic (exact) mass is 348 g/mol. The van der Waals surface area contributed by atoms with Crippen molar-refractivity contribution in [1.29, 1.82) is 0 Å². The minimum absolute atomic E-state index is 0.325. The quantitative estimate of drug-likeness (QED) is 0.667. The molecule has 0 saturated carbocycles. The molecule has 1 fully saturated rings. The van der Waals surface area contributed by atoms with Crippen LogP contribution in [-0.2, 0) is 0 Å². The number of hydrogen-bond acceptors (Lipinski definition) is 6. The molecular weight excluding hydrogens is 324 g/mol. The van der Waals surface area contributed by atoms with Crippen molar-refractivity contribution in [2.75, 3.05) is 38.0 Å². The third-order valence-electron chi connectivity index (χ3n) is 4.83. The van der Waals surface area contributed by atoms with Crippen molar-refractivity contribution in [2.45, 2.75) is 12.5 Å². The van der Waals surface area contributed by atoms with Crippen molar-refractivity contribution in [3.05, 3.63) is 60.7 Å². The van der Waals surface area contributed by atoms with Gasteiger partial charge in [0.15, 0.2) is 0 Å². The molecule has 0 amide bonds. The van der Waals surface area contributed by atoms with E-state index in [1.807, 2.05) is 30.5 Å². The molecule has 2 aromatic heterocycles. The Balaban J connectivity index is 1.31. The number of hydrogen-bond donors (Lipinski definition) is 2. The molecule has 1 aromatic carbocycles. The van der Waals surface area contributed by atoms with Crippen LogP contribution >= 0.6 is 0 Å². The van der Waals surface area contributed by atoms with Crippen LogP contribution in [0.2, 0.25) is 0 Å². The number of fused-ring (bicyclic) bond motifs is 1. The van der Waals surface area contributed by atoms with Gasteiger partial charge in [0, 0.05) is 44.3 Å². The van der Waals surface area contributed by atoms with Crippen LogP contribution in [0, 0.1) is 0 Å². The highest BCUT2D eigenvalue weighted by atomic mass is 15.2. The van der Waals surface area contributed by atoms with Gasteiger partial charge in [-0.15, -0.1) is 0 Å². The lowest BCUT2D eigenvalue weighted by Crippen LogP contribution is -2.46. The molecule has 26 heavy (non-hydrogen) atoms. The van der Waals surface area contributed by atoms with E-state index < -0.39 is 0 Å². The summed E-state index contributed by atoms with van der Waals surface area (Å²) in [5.74, 6) is 0.941. The van der Waals surface area contributed by atoms with Gasteiger partial charge >= 0.3 is 0 Å². The lowest BCUT2D eigenvalue weighted by atomic mass is 10.1. The molecule has 2 N–H and O–H groups in total. The second kappa shape index (κ2) is 8.21. The minimum atomic E-state index is 0.325. The third kappa shape index (κ3) is 3.98. The third-order valence-corrected chi connectivity index (χ3v) is 4.83. The molecule has 0 spiro atoms. The maximum absolute atomic E-state index is 4.67. The molecule has 1 aliphatic heterocycles. The van der Waals surface area contributed by atoms with Crippen LogP contribution in [0.1, 0.15) is 18.2 Å². The van der Waals surface area contributed by atoms with Crippen LogP contribution < -0.4 is 10.6 Å². The van der Waals surface area contributed by atoms with Gasteiger partial charge < -0.3 is 10.6 Å². The summed E-state index contributed by atoms with van der Waals surface area (Å²) in [7, 11) is 0. The van der Waals surface area contributed by atoms with E-state index in [4.69, 9.17) is 0 Å². The lowest BCUT2D eigenvalue weighted by Gasteiger charge is -2.35. The Morgan fingerprint density at radius 1 is 1.15 bits per heavy atom. The van der Waals surface area contributed by atoms with Crippen molar-refractivity contribution in [3.8, 4) is 0 Å². The second-order valence-electron chi connectivity index (χ2n) is 6.56. The number of para-hydroxylation sites is 1. The molecule has 0 aliphatic carbocycles. The molecule has 3 aromatic rings. The Bertz CT molecular complexity index is 838. The first-order valence-corrected chi connectivity index (χ1v) is 9.20. The van der Waals surface area contributed by atoms with Crippen LogP contribution in [0.5, 0.6) is 0 Å². The summed E-state index contributed by atoms with van der Waals surface area (Å²) in [6.07, 6.45) is 4.52. The van der Waals surface area contributed by atoms with Crippen molar-refractivity contribution in [1.82, 2.24) is 25.2 Å². The molecule has 1 atom stereocenters. The van der Waals surface area contributed by atoms with Crippen molar-refractivity contribution in [3.63, 3.8) is 0 Å². The summed E-state index contributed by atoms with van der Waals surface area (Å²) >= 11 is 0. The van der Waals surface area contributed by atoms with E-state index in [1.54, 1.807) is 6.33 Å². The molecule has 1 saturated heterocycles. The van der Waals surface area contributed by atoms with E-state index in [0.29, 0.717) is 6.04 Å². The molecule has 1 unspecified atom stereocenters. The van der Waals surface area contributed by atoms with Crippen LogP contribution in [0.25, 0.3) is 10.9 Å². The molecule has 4 rings (SSSR count). The molecule has 0 bridgehead atoms. The summed E-state index contributed by atoms with van der Waals surface area (Å²) in [5.41, 5.74) is 2.12. The number of benzene rings is 1. The summed E-state index contributed by atoms with van der Waals surface area (Å²) in [6, 6.07) is 14.7. The first-order chi connectivity index (χ1) is 12.9. The molecule has 1 aliphatic rings. The second-order valence-corrected chi connectivity index (χ2v) is 6.56. The van der Waals surface area contributed by atoms with Gasteiger partial charge in [0.05, 0.1) is 17.3 Å². The van der Waals surface area contributed by atoms with E-state index >= 15 is 0 Å². The fourth-order valence-electron chi connectivity index (χ4n) is 3.47. The average Bonchev–Trinajstić information content (AvgIpc) is 2.72. The summed E-state index contributed by atoms with van der Waals surface area (Å²) in [5, 5.41) is 8.09. The summed E-state index contributed by atoms with van der Waals surface area (Å²) in [6.45, 7) is 4.96. The van der Waals surface area contributed by atoms with Gasteiger partial charge in [-0.1, -0.05) is 18.2 Å². The maximum atomic E-state index is 4.67. The molecule has 3 heterocycles. The number of rotatable bonds is 6. The molecule has 6 heteroatoms. The standard InChI is InChI=1S/C20H24N6/c1-2-5-17-16(4-1)6-7-20(25-17)23-9-3-12-26-13-11-21-14-19(26)18-8-10-22-15-24-18/h1-2,4-8,10,15,19,21H,3,9,11-14H2,(H,23,25). The maximum Gasteiger partial charge on any atom is 0.126 e. The smallest absolute Gasteiger partial charge is 0.126 e. The molecule has 6 nitrogen and oxygen atoms in total. The van der Waals surface area contributed by atoms with E-state index in [9.17, 15) is 0 Å². The Kier molecular flexibility index (Phi) is 5.33. The highest BCUT2D eigenvalue weighted by Gasteiger charge is 2.24. The number of anilines is 1. The normalized spacial score (nSPS) is 18.1. The largest absolute Gasteiger partial charge is 0.370 e. The van der Waals surface area contributed by atoms with Crippen molar-refractivity contribution < 1.29 is 0 Å². The number of piperazine rings is 1. The van der Waals surface area contributed by atoms with E-state index in [2.05, 4.69) is 48.7 Å². The Hall–Kier alpha value is -2.57. The van der Waals surface area contributed by atoms with E-state index in [1.165, 1.54) is 5.39 Å². The van der Waals surface area contributed by atoms with E-state index in [0.717, 1.165) is 56.2 Å². The summed E-state index contributed by atoms with van der Waals surface area (Å²) in [4.78, 5) is 15.6. The fraction of sp³-hybridized carbons (Fsp3) is 0.350. The Morgan fingerprint density at radius 3 is 3.04 bits per heavy atom. The number of nitrogens with one attached hydrogen (secondary N) is 2. The first-order valence-electron chi connectivity index (χ1n) is 9.20. The van der Waals surface area contributed by atoms with Gasteiger partial charge in [-0.3, -0.25) is 4.90 Å². The van der Waals surface area contributed by atoms with Gasteiger partial charge in [-0.2, -0.15) is 0 Å². The number of pyridine rings is 1. The van der Waals surface area contributed by atoms with Crippen LogP contribution in [-0.4, -0.2) is 52.6 Å².